The number of amides is 1. The van der Waals surface area contributed by atoms with Crippen LogP contribution in [0.2, 0.25) is 0 Å². The van der Waals surface area contributed by atoms with E-state index < -0.39 is 6.04 Å². The average Bonchev–Trinajstić information content (AvgIpc) is 2.73. The van der Waals surface area contributed by atoms with Crippen molar-refractivity contribution in [2.24, 2.45) is 0 Å². The zero-order valence-electron chi connectivity index (χ0n) is 15.5. The molecule has 0 saturated heterocycles. The zero-order valence-corrected chi connectivity index (χ0v) is 15.5. The van der Waals surface area contributed by atoms with E-state index in [1.807, 2.05) is 0 Å². The van der Waals surface area contributed by atoms with Gasteiger partial charge in [0.15, 0.2) is 11.6 Å². The van der Waals surface area contributed by atoms with Gasteiger partial charge < -0.3 is 10.6 Å². The third-order valence-corrected chi connectivity index (χ3v) is 4.81. The molecule has 3 aromatic rings. The molecular weight excluding hydrogens is 371 g/mol. The standard InChI is InChI=1S/C23H17FN2O3/c1-13(25-15-8-6-14(24)7-9-15)23(29)26-16-10-11-19-20(12-16)22(28)18-5-3-2-4-17(18)21(19)27/h2-13,25H,1H3,(H,26,29)/t13-/m1/s1. The quantitative estimate of drug-likeness (QED) is 0.553. The molecule has 0 aliphatic heterocycles. The number of hydrogen-bond acceptors (Lipinski definition) is 4. The van der Waals surface area contributed by atoms with E-state index in [-0.39, 0.29) is 28.9 Å². The van der Waals surface area contributed by atoms with E-state index in [9.17, 15) is 18.8 Å². The highest BCUT2D eigenvalue weighted by Crippen LogP contribution is 2.29. The predicted molar refractivity (Wildman–Crippen MR) is 108 cm³/mol. The molecule has 0 fully saturated rings. The van der Waals surface area contributed by atoms with Crippen molar-refractivity contribution in [1.29, 1.82) is 0 Å². The Balaban J connectivity index is 1.53. The third-order valence-electron chi connectivity index (χ3n) is 4.81. The van der Waals surface area contributed by atoms with E-state index in [1.165, 1.54) is 18.2 Å². The van der Waals surface area contributed by atoms with Crippen LogP contribution in [0, 0.1) is 5.82 Å². The second-order valence-electron chi connectivity index (χ2n) is 6.83. The second-order valence-corrected chi connectivity index (χ2v) is 6.83. The second kappa shape index (κ2) is 7.31. The number of hydrogen-bond donors (Lipinski definition) is 2. The Kier molecular flexibility index (Phi) is 4.68. The van der Waals surface area contributed by atoms with Crippen molar-refractivity contribution in [2.75, 3.05) is 10.6 Å². The Bertz CT molecular complexity index is 1140. The summed E-state index contributed by atoms with van der Waals surface area (Å²) in [5, 5.41) is 5.72. The Morgan fingerprint density at radius 2 is 1.34 bits per heavy atom. The molecule has 6 heteroatoms. The summed E-state index contributed by atoms with van der Waals surface area (Å²) >= 11 is 0. The molecular formula is C23H17FN2O3. The fourth-order valence-electron chi connectivity index (χ4n) is 3.29. The van der Waals surface area contributed by atoms with E-state index in [4.69, 9.17) is 0 Å². The number of halogens is 1. The SMILES string of the molecule is C[C@@H](Nc1ccc(F)cc1)C(=O)Nc1ccc2c(c1)C(=O)c1ccccc1C2=O. The van der Waals surface area contributed by atoms with Crippen LogP contribution in [0.15, 0.2) is 66.7 Å². The van der Waals surface area contributed by atoms with Gasteiger partial charge in [-0.3, -0.25) is 14.4 Å². The van der Waals surface area contributed by atoms with Crippen LogP contribution in [0.5, 0.6) is 0 Å². The van der Waals surface area contributed by atoms with E-state index >= 15 is 0 Å². The lowest BCUT2D eigenvalue weighted by atomic mass is 9.84. The number of rotatable bonds is 4. The van der Waals surface area contributed by atoms with Gasteiger partial charge in [0, 0.05) is 33.6 Å². The lowest BCUT2D eigenvalue weighted by Crippen LogP contribution is -2.32. The summed E-state index contributed by atoms with van der Waals surface area (Å²) in [5.41, 5.74) is 2.37. The van der Waals surface area contributed by atoms with Gasteiger partial charge in [0.2, 0.25) is 5.91 Å². The first kappa shape index (κ1) is 18.6. The number of anilines is 2. The molecule has 4 rings (SSSR count). The molecule has 0 saturated carbocycles. The van der Waals surface area contributed by atoms with Crippen LogP contribution >= 0.6 is 0 Å². The summed E-state index contributed by atoms with van der Waals surface area (Å²) in [6.07, 6.45) is 0. The van der Waals surface area contributed by atoms with E-state index in [1.54, 1.807) is 55.5 Å². The van der Waals surface area contributed by atoms with Crippen LogP contribution in [0.3, 0.4) is 0 Å². The van der Waals surface area contributed by atoms with Crippen LogP contribution in [-0.4, -0.2) is 23.5 Å². The number of carbonyl (C=O) groups excluding carboxylic acids is 3. The highest BCUT2D eigenvalue weighted by Gasteiger charge is 2.29. The Morgan fingerprint density at radius 3 is 2.00 bits per heavy atom. The van der Waals surface area contributed by atoms with Crippen LogP contribution < -0.4 is 10.6 Å². The number of ketones is 2. The number of benzene rings is 3. The summed E-state index contributed by atoms with van der Waals surface area (Å²) in [4.78, 5) is 37.9. The molecule has 0 radical (unpaired) electrons. The lowest BCUT2D eigenvalue weighted by Gasteiger charge is -2.19. The maximum absolute atomic E-state index is 13.0. The van der Waals surface area contributed by atoms with Crippen LogP contribution in [0.1, 0.15) is 38.8 Å². The van der Waals surface area contributed by atoms with Crippen molar-refractivity contribution in [3.05, 3.63) is 94.8 Å². The molecule has 1 aliphatic carbocycles. The van der Waals surface area contributed by atoms with Gasteiger partial charge in [-0.25, -0.2) is 4.39 Å². The minimum atomic E-state index is -0.602. The van der Waals surface area contributed by atoms with Crippen LogP contribution in [0.4, 0.5) is 15.8 Å². The van der Waals surface area contributed by atoms with E-state index in [2.05, 4.69) is 10.6 Å². The maximum Gasteiger partial charge on any atom is 0.246 e. The monoisotopic (exact) mass is 388 g/mol. The van der Waals surface area contributed by atoms with E-state index in [0.29, 0.717) is 28.1 Å². The van der Waals surface area contributed by atoms with Crippen molar-refractivity contribution in [2.45, 2.75) is 13.0 Å². The van der Waals surface area contributed by atoms with Crippen molar-refractivity contribution in [3.8, 4) is 0 Å². The average molecular weight is 388 g/mol. The summed E-state index contributed by atoms with van der Waals surface area (Å²) < 4.78 is 13.0. The fourth-order valence-corrected chi connectivity index (χ4v) is 3.29. The van der Waals surface area contributed by atoms with Gasteiger partial charge in [-0.15, -0.1) is 0 Å². The molecule has 1 atom stereocenters. The van der Waals surface area contributed by atoms with Crippen molar-refractivity contribution in [3.63, 3.8) is 0 Å². The molecule has 0 spiro atoms. The first-order valence-electron chi connectivity index (χ1n) is 9.09. The first-order valence-corrected chi connectivity index (χ1v) is 9.09. The van der Waals surface area contributed by atoms with Gasteiger partial charge in [0.05, 0.1) is 0 Å². The molecule has 3 aromatic carbocycles. The smallest absolute Gasteiger partial charge is 0.246 e. The summed E-state index contributed by atoms with van der Waals surface area (Å²) in [5.74, 6) is -1.14. The highest BCUT2D eigenvalue weighted by atomic mass is 19.1. The molecule has 0 aromatic heterocycles. The summed E-state index contributed by atoms with van der Waals surface area (Å²) in [6.45, 7) is 1.67. The minimum Gasteiger partial charge on any atom is -0.374 e. The van der Waals surface area contributed by atoms with Gasteiger partial charge in [0.25, 0.3) is 0 Å². The Labute approximate surface area is 166 Å². The number of nitrogens with one attached hydrogen (secondary N) is 2. The molecule has 1 aliphatic rings. The van der Waals surface area contributed by atoms with Crippen molar-refractivity contribution < 1.29 is 18.8 Å². The van der Waals surface area contributed by atoms with Gasteiger partial charge in [-0.2, -0.15) is 0 Å². The predicted octanol–water partition coefficient (Wildman–Crippen LogP) is 4.04. The van der Waals surface area contributed by atoms with E-state index in [0.717, 1.165) is 0 Å². The third kappa shape index (κ3) is 3.52. The molecule has 0 bridgehead atoms. The van der Waals surface area contributed by atoms with Crippen LogP contribution in [-0.2, 0) is 4.79 Å². The topological polar surface area (TPSA) is 75.3 Å². The van der Waals surface area contributed by atoms with Crippen molar-refractivity contribution >= 4 is 28.8 Å². The molecule has 29 heavy (non-hydrogen) atoms. The van der Waals surface area contributed by atoms with Gasteiger partial charge in [0.1, 0.15) is 11.9 Å². The molecule has 0 heterocycles. The first-order chi connectivity index (χ1) is 13.9. The summed E-state index contributed by atoms with van der Waals surface area (Å²) in [6, 6.07) is 16.5. The minimum absolute atomic E-state index is 0.209. The Morgan fingerprint density at radius 1 is 0.793 bits per heavy atom. The molecule has 5 nitrogen and oxygen atoms in total. The molecule has 2 N–H and O–H groups in total. The van der Waals surface area contributed by atoms with Gasteiger partial charge >= 0.3 is 0 Å². The number of fused-ring (bicyclic) bond motifs is 2. The van der Waals surface area contributed by atoms with Crippen LogP contribution in [0.25, 0.3) is 0 Å². The lowest BCUT2D eigenvalue weighted by molar-refractivity contribution is -0.116. The molecule has 144 valence electrons. The molecule has 0 unspecified atom stereocenters. The van der Waals surface area contributed by atoms with Crippen molar-refractivity contribution in [1.82, 2.24) is 0 Å². The largest absolute Gasteiger partial charge is 0.374 e. The zero-order chi connectivity index (χ0) is 20.5. The van der Waals surface area contributed by atoms with Gasteiger partial charge in [-0.1, -0.05) is 24.3 Å². The fraction of sp³-hybridized carbons (Fsp3) is 0.0870. The molecule has 1 amide bonds. The highest BCUT2D eigenvalue weighted by molar-refractivity contribution is 6.28. The normalized spacial score (nSPS) is 13.3. The summed E-state index contributed by atoms with van der Waals surface area (Å²) in [7, 11) is 0. The number of carbonyl (C=O) groups is 3. The maximum atomic E-state index is 13.0. The van der Waals surface area contributed by atoms with Gasteiger partial charge in [-0.05, 0) is 49.4 Å². The Hall–Kier alpha value is -3.80.